The van der Waals surface area contributed by atoms with Crippen LogP contribution in [0.3, 0.4) is 0 Å². The predicted molar refractivity (Wildman–Crippen MR) is 104 cm³/mol. The van der Waals surface area contributed by atoms with Crippen molar-refractivity contribution in [2.24, 2.45) is 0 Å². The van der Waals surface area contributed by atoms with Gasteiger partial charge in [0.15, 0.2) is 15.6 Å². The molecule has 0 spiro atoms. The maximum atomic E-state index is 13.3. The number of rotatable bonds is 6. The third-order valence-electron chi connectivity index (χ3n) is 4.81. The number of nitrogens with zero attached hydrogens (tertiary/aromatic N) is 1. The Kier molecular flexibility index (Phi) is 4.71. The first-order valence-corrected chi connectivity index (χ1v) is 11.1. The van der Waals surface area contributed by atoms with Gasteiger partial charge in [-0.05, 0) is 36.6 Å². The van der Waals surface area contributed by atoms with E-state index in [4.69, 9.17) is 4.42 Å². The highest BCUT2D eigenvalue weighted by Crippen LogP contribution is 2.34. The van der Waals surface area contributed by atoms with E-state index in [0.29, 0.717) is 23.1 Å². The van der Waals surface area contributed by atoms with E-state index in [9.17, 15) is 17.6 Å². The number of halogens is 1. The summed E-state index contributed by atoms with van der Waals surface area (Å²) in [6, 6.07) is 13.1. The van der Waals surface area contributed by atoms with Gasteiger partial charge in [0.1, 0.15) is 11.4 Å². The second kappa shape index (κ2) is 7.05. The highest BCUT2D eigenvalue weighted by molar-refractivity contribution is 7.89. The average molecular weight is 401 g/mol. The molecule has 1 heterocycles. The van der Waals surface area contributed by atoms with Crippen molar-refractivity contribution in [2.75, 3.05) is 6.26 Å². The van der Waals surface area contributed by atoms with E-state index in [0.717, 1.165) is 24.7 Å². The first kappa shape index (κ1) is 18.7. The summed E-state index contributed by atoms with van der Waals surface area (Å²) in [7, 11) is -3.36. The fourth-order valence-electron chi connectivity index (χ4n) is 3.35. The molecule has 7 heteroatoms. The van der Waals surface area contributed by atoms with Crippen LogP contribution in [0.25, 0.3) is 11.0 Å². The molecule has 28 heavy (non-hydrogen) atoms. The van der Waals surface area contributed by atoms with Gasteiger partial charge in [-0.2, -0.15) is 0 Å². The highest BCUT2D eigenvalue weighted by Gasteiger charge is 2.36. The van der Waals surface area contributed by atoms with Crippen molar-refractivity contribution in [1.29, 1.82) is 0 Å². The molecule has 4 rings (SSSR count). The summed E-state index contributed by atoms with van der Waals surface area (Å²) in [4.78, 5) is 15.0. The van der Waals surface area contributed by atoms with Crippen molar-refractivity contribution < 1.29 is 22.0 Å². The zero-order valence-corrected chi connectivity index (χ0v) is 16.2. The SMILES string of the molecule is CS(=O)(=O)Cc1c(C(=O)N(Cc2ccc(F)cc2)C2CC2)oc2ccccc12. The predicted octanol–water partition coefficient (Wildman–Crippen LogP) is 3.92. The van der Waals surface area contributed by atoms with E-state index in [1.165, 1.54) is 12.1 Å². The van der Waals surface area contributed by atoms with Crippen LogP contribution in [0.2, 0.25) is 0 Å². The van der Waals surface area contributed by atoms with E-state index in [1.807, 2.05) is 0 Å². The van der Waals surface area contributed by atoms with Gasteiger partial charge in [0, 0.05) is 29.8 Å². The number of hydrogen-bond donors (Lipinski definition) is 0. The Balaban J connectivity index is 1.73. The quantitative estimate of drug-likeness (QED) is 0.628. The average Bonchev–Trinajstić information content (AvgIpc) is 3.42. The Labute approximate surface area is 162 Å². The minimum absolute atomic E-state index is 0.0700. The Bertz CT molecular complexity index is 1130. The van der Waals surface area contributed by atoms with Gasteiger partial charge in [-0.15, -0.1) is 0 Å². The summed E-state index contributed by atoms with van der Waals surface area (Å²) in [5, 5.41) is 0.633. The number of sulfone groups is 1. The van der Waals surface area contributed by atoms with E-state index in [-0.39, 0.29) is 29.3 Å². The fraction of sp³-hybridized carbons (Fsp3) is 0.286. The number of carbonyl (C=O) groups is 1. The smallest absolute Gasteiger partial charge is 0.290 e. The molecule has 1 aliphatic carbocycles. The molecule has 0 atom stereocenters. The van der Waals surface area contributed by atoms with Crippen molar-refractivity contribution in [2.45, 2.75) is 31.2 Å². The van der Waals surface area contributed by atoms with E-state index >= 15 is 0 Å². The molecule has 1 aromatic heterocycles. The van der Waals surface area contributed by atoms with Crippen molar-refractivity contribution in [3.8, 4) is 0 Å². The van der Waals surface area contributed by atoms with Crippen LogP contribution in [0.15, 0.2) is 52.9 Å². The lowest BCUT2D eigenvalue weighted by atomic mass is 10.1. The molecule has 0 N–H and O–H groups in total. The molecule has 1 aliphatic rings. The minimum atomic E-state index is -3.36. The first-order valence-electron chi connectivity index (χ1n) is 9.05. The van der Waals surface area contributed by atoms with Crippen LogP contribution in [0.5, 0.6) is 0 Å². The number of hydrogen-bond acceptors (Lipinski definition) is 4. The molecule has 0 radical (unpaired) electrons. The number of benzene rings is 2. The molecular formula is C21H20FNO4S. The second-order valence-corrected chi connectivity index (χ2v) is 9.41. The Morgan fingerprint density at radius 3 is 2.46 bits per heavy atom. The number of para-hydroxylation sites is 1. The summed E-state index contributed by atoms with van der Waals surface area (Å²) in [6.07, 6.45) is 2.91. The van der Waals surface area contributed by atoms with Crippen molar-refractivity contribution in [3.63, 3.8) is 0 Å². The van der Waals surface area contributed by atoms with Crippen LogP contribution in [0, 0.1) is 5.82 Å². The molecule has 0 aliphatic heterocycles. The largest absolute Gasteiger partial charge is 0.451 e. The summed E-state index contributed by atoms with van der Waals surface area (Å²) in [5.41, 5.74) is 1.69. The summed E-state index contributed by atoms with van der Waals surface area (Å²) in [5.74, 6) is -0.858. The Morgan fingerprint density at radius 1 is 1.14 bits per heavy atom. The van der Waals surface area contributed by atoms with Gasteiger partial charge in [0.25, 0.3) is 5.91 Å². The van der Waals surface area contributed by atoms with Gasteiger partial charge in [-0.1, -0.05) is 30.3 Å². The third-order valence-corrected chi connectivity index (χ3v) is 5.63. The maximum absolute atomic E-state index is 13.3. The van der Waals surface area contributed by atoms with Gasteiger partial charge < -0.3 is 9.32 Å². The molecule has 146 valence electrons. The summed E-state index contributed by atoms with van der Waals surface area (Å²) < 4.78 is 42.9. The summed E-state index contributed by atoms with van der Waals surface area (Å²) in [6.45, 7) is 0.319. The molecule has 1 amide bonds. The molecule has 0 bridgehead atoms. The van der Waals surface area contributed by atoms with Crippen LogP contribution >= 0.6 is 0 Å². The number of amides is 1. The molecule has 0 saturated heterocycles. The van der Waals surface area contributed by atoms with Crippen LogP contribution in [0.1, 0.15) is 34.5 Å². The lowest BCUT2D eigenvalue weighted by Gasteiger charge is -2.22. The van der Waals surface area contributed by atoms with E-state index in [2.05, 4.69) is 0 Å². The number of furan rings is 1. The van der Waals surface area contributed by atoms with Crippen molar-refractivity contribution >= 4 is 26.7 Å². The van der Waals surface area contributed by atoms with Gasteiger partial charge in [0.2, 0.25) is 0 Å². The van der Waals surface area contributed by atoms with Crippen molar-refractivity contribution in [1.82, 2.24) is 4.90 Å². The van der Waals surface area contributed by atoms with E-state index < -0.39 is 9.84 Å². The van der Waals surface area contributed by atoms with Crippen molar-refractivity contribution in [3.05, 3.63) is 71.2 Å². The normalized spacial score (nSPS) is 14.4. The Morgan fingerprint density at radius 2 is 1.82 bits per heavy atom. The monoisotopic (exact) mass is 401 g/mol. The molecule has 1 saturated carbocycles. The lowest BCUT2D eigenvalue weighted by molar-refractivity contribution is 0.0698. The van der Waals surface area contributed by atoms with Crippen LogP contribution in [-0.4, -0.2) is 31.5 Å². The van der Waals surface area contributed by atoms with Crippen LogP contribution in [-0.2, 0) is 22.1 Å². The standard InChI is InChI=1S/C21H20FNO4S/c1-28(25,26)13-18-17-4-2-3-5-19(17)27-20(18)21(24)23(16-10-11-16)12-14-6-8-15(22)9-7-14/h2-9,16H,10-13H2,1H3. The Hall–Kier alpha value is -2.67. The fourth-order valence-corrected chi connectivity index (χ4v) is 4.16. The number of carbonyl (C=O) groups excluding carboxylic acids is 1. The third kappa shape index (κ3) is 3.94. The van der Waals surface area contributed by atoms with Gasteiger partial charge in [-0.25, -0.2) is 12.8 Å². The number of fused-ring (bicyclic) bond motifs is 1. The van der Waals surface area contributed by atoms with E-state index in [1.54, 1.807) is 41.3 Å². The summed E-state index contributed by atoms with van der Waals surface area (Å²) >= 11 is 0. The van der Waals surface area contributed by atoms with Gasteiger partial charge in [-0.3, -0.25) is 4.79 Å². The van der Waals surface area contributed by atoms with Crippen LogP contribution < -0.4 is 0 Å². The molecule has 0 unspecified atom stereocenters. The first-order chi connectivity index (χ1) is 13.3. The molecular weight excluding hydrogens is 381 g/mol. The second-order valence-electron chi connectivity index (χ2n) is 7.27. The molecule has 2 aromatic carbocycles. The lowest BCUT2D eigenvalue weighted by Crippen LogP contribution is -2.33. The maximum Gasteiger partial charge on any atom is 0.290 e. The molecule has 5 nitrogen and oxygen atoms in total. The molecule has 1 fully saturated rings. The van der Waals surface area contributed by atoms with Gasteiger partial charge >= 0.3 is 0 Å². The zero-order chi connectivity index (χ0) is 19.9. The highest BCUT2D eigenvalue weighted by atomic mass is 32.2. The zero-order valence-electron chi connectivity index (χ0n) is 15.4. The topological polar surface area (TPSA) is 67.6 Å². The van der Waals surface area contributed by atoms with Gasteiger partial charge in [0.05, 0.1) is 5.75 Å². The molecule has 3 aromatic rings. The van der Waals surface area contributed by atoms with Crippen LogP contribution in [0.4, 0.5) is 4.39 Å². The minimum Gasteiger partial charge on any atom is -0.451 e.